The molecule has 1 aliphatic rings. The number of likely N-dealkylation sites (tertiary alicyclic amines) is 1. The van der Waals surface area contributed by atoms with E-state index in [9.17, 15) is 0 Å². The van der Waals surface area contributed by atoms with E-state index in [1.807, 2.05) is 12.1 Å². The van der Waals surface area contributed by atoms with Crippen molar-refractivity contribution in [3.05, 3.63) is 22.6 Å². The van der Waals surface area contributed by atoms with Crippen LogP contribution in [0.5, 0.6) is 0 Å². The average Bonchev–Trinajstić information content (AvgIpc) is 2.62. The number of halogens is 1. The summed E-state index contributed by atoms with van der Waals surface area (Å²) < 4.78 is 6.21. The van der Waals surface area contributed by atoms with Gasteiger partial charge in [-0.1, -0.05) is 0 Å². The molecule has 3 nitrogen and oxygen atoms in total. The Morgan fingerprint density at radius 1 is 1.62 bits per heavy atom. The van der Waals surface area contributed by atoms with E-state index < -0.39 is 0 Å². The van der Waals surface area contributed by atoms with Crippen molar-refractivity contribution in [1.82, 2.24) is 4.90 Å². The fraction of sp³-hybridized carbons (Fsp3) is 0.556. The average molecular weight is 245 g/mol. The molecule has 0 aromatic carbocycles. The summed E-state index contributed by atoms with van der Waals surface area (Å²) in [4.78, 5) is 2.32. The highest BCUT2D eigenvalue weighted by Gasteiger charge is 2.19. The van der Waals surface area contributed by atoms with Gasteiger partial charge in [0.25, 0.3) is 0 Å². The summed E-state index contributed by atoms with van der Waals surface area (Å²) in [6, 6.07) is 4.26. The predicted molar refractivity (Wildman–Crippen MR) is 54.3 cm³/mol. The Morgan fingerprint density at radius 3 is 3.00 bits per heavy atom. The van der Waals surface area contributed by atoms with Crippen LogP contribution in [0.4, 0.5) is 0 Å². The van der Waals surface area contributed by atoms with Crippen molar-refractivity contribution in [2.45, 2.75) is 19.0 Å². The number of rotatable bonds is 2. The summed E-state index contributed by atoms with van der Waals surface area (Å²) in [5, 5.41) is 0. The van der Waals surface area contributed by atoms with Crippen LogP contribution in [0, 0.1) is 0 Å². The Kier molecular flexibility index (Phi) is 2.71. The molecule has 13 heavy (non-hydrogen) atoms. The molecule has 1 unspecified atom stereocenters. The minimum absolute atomic E-state index is 0.346. The van der Waals surface area contributed by atoms with Crippen LogP contribution < -0.4 is 5.73 Å². The topological polar surface area (TPSA) is 42.4 Å². The van der Waals surface area contributed by atoms with Gasteiger partial charge in [0.15, 0.2) is 4.67 Å². The molecule has 1 fully saturated rings. The van der Waals surface area contributed by atoms with E-state index in [1.165, 1.54) is 0 Å². The van der Waals surface area contributed by atoms with Crippen molar-refractivity contribution < 1.29 is 4.42 Å². The molecule has 0 radical (unpaired) electrons. The third-order valence-corrected chi connectivity index (χ3v) is 2.74. The molecule has 0 bridgehead atoms. The van der Waals surface area contributed by atoms with E-state index in [0.29, 0.717) is 6.04 Å². The maximum Gasteiger partial charge on any atom is 0.169 e. The standard InChI is InChI=1S/C9H13BrN2O/c10-9-2-1-8(13-9)6-12-4-3-7(11)5-12/h1-2,7H,3-6,11H2. The maximum atomic E-state index is 5.80. The van der Waals surface area contributed by atoms with Crippen molar-refractivity contribution in [3.8, 4) is 0 Å². The summed E-state index contributed by atoms with van der Waals surface area (Å²) in [6.07, 6.45) is 1.10. The molecule has 1 aliphatic heterocycles. The summed E-state index contributed by atoms with van der Waals surface area (Å²) in [5.41, 5.74) is 5.80. The Balaban J connectivity index is 1.91. The van der Waals surface area contributed by atoms with E-state index >= 15 is 0 Å². The van der Waals surface area contributed by atoms with Gasteiger partial charge in [0.1, 0.15) is 5.76 Å². The lowest BCUT2D eigenvalue weighted by molar-refractivity contribution is 0.291. The third kappa shape index (κ3) is 2.33. The first-order chi connectivity index (χ1) is 6.24. The van der Waals surface area contributed by atoms with Gasteiger partial charge >= 0.3 is 0 Å². The monoisotopic (exact) mass is 244 g/mol. The highest BCUT2D eigenvalue weighted by Crippen LogP contribution is 2.17. The second-order valence-corrected chi connectivity index (χ2v) is 4.27. The molecule has 2 rings (SSSR count). The zero-order valence-electron chi connectivity index (χ0n) is 7.37. The Hall–Kier alpha value is -0.320. The van der Waals surface area contributed by atoms with Gasteiger partial charge in [0, 0.05) is 19.1 Å². The van der Waals surface area contributed by atoms with Gasteiger partial charge in [-0.3, -0.25) is 4.90 Å². The minimum atomic E-state index is 0.346. The first-order valence-corrected chi connectivity index (χ1v) is 5.25. The molecular weight excluding hydrogens is 232 g/mol. The second kappa shape index (κ2) is 3.82. The molecule has 0 saturated carbocycles. The summed E-state index contributed by atoms with van der Waals surface area (Å²) in [7, 11) is 0. The molecule has 1 saturated heterocycles. The zero-order chi connectivity index (χ0) is 9.26. The molecule has 1 aromatic rings. The summed E-state index contributed by atoms with van der Waals surface area (Å²) in [6.45, 7) is 2.94. The maximum absolute atomic E-state index is 5.80. The smallest absolute Gasteiger partial charge is 0.169 e. The van der Waals surface area contributed by atoms with E-state index in [0.717, 1.165) is 36.5 Å². The molecule has 0 aliphatic carbocycles. The van der Waals surface area contributed by atoms with Gasteiger partial charge < -0.3 is 10.2 Å². The fourth-order valence-electron chi connectivity index (χ4n) is 1.66. The van der Waals surface area contributed by atoms with Gasteiger partial charge in [-0.15, -0.1) is 0 Å². The first kappa shape index (κ1) is 9.24. The van der Waals surface area contributed by atoms with Crippen LogP contribution in [-0.4, -0.2) is 24.0 Å². The minimum Gasteiger partial charge on any atom is -0.453 e. The van der Waals surface area contributed by atoms with E-state index in [2.05, 4.69) is 20.8 Å². The van der Waals surface area contributed by atoms with E-state index in [1.54, 1.807) is 0 Å². The highest BCUT2D eigenvalue weighted by atomic mass is 79.9. The predicted octanol–water partition coefficient (Wildman–Crippen LogP) is 1.58. The van der Waals surface area contributed by atoms with Gasteiger partial charge in [-0.2, -0.15) is 0 Å². The van der Waals surface area contributed by atoms with Gasteiger partial charge in [-0.25, -0.2) is 0 Å². The SMILES string of the molecule is NC1CCN(Cc2ccc(Br)o2)C1. The van der Waals surface area contributed by atoms with Crippen molar-refractivity contribution in [3.63, 3.8) is 0 Å². The Labute approximate surface area is 86.0 Å². The van der Waals surface area contributed by atoms with Crippen molar-refractivity contribution in [2.24, 2.45) is 5.73 Å². The highest BCUT2D eigenvalue weighted by molar-refractivity contribution is 9.10. The van der Waals surface area contributed by atoms with Crippen LogP contribution >= 0.6 is 15.9 Å². The molecule has 1 aromatic heterocycles. The Bertz CT molecular complexity index is 287. The van der Waals surface area contributed by atoms with Crippen LogP contribution in [0.1, 0.15) is 12.2 Å². The van der Waals surface area contributed by atoms with E-state index in [4.69, 9.17) is 10.2 Å². The Morgan fingerprint density at radius 2 is 2.46 bits per heavy atom. The normalized spacial score (nSPS) is 24.0. The lowest BCUT2D eigenvalue weighted by Gasteiger charge is -2.12. The van der Waals surface area contributed by atoms with Crippen LogP contribution in [-0.2, 0) is 6.54 Å². The van der Waals surface area contributed by atoms with Crippen LogP contribution in [0.2, 0.25) is 0 Å². The van der Waals surface area contributed by atoms with Gasteiger partial charge in [0.2, 0.25) is 0 Å². The van der Waals surface area contributed by atoms with Crippen LogP contribution in [0.15, 0.2) is 21.2 Å². The lowest BCUT2D eigenvalue weighted by Crippen LogP contribution is -2.26. The second-order valence-electron chi connectivity index (χ2n) is 3.49. The molecule has 4 heteroatoms. The number of nitrogens with two attached hydrogens (primary N) is 1. The largest absolute Gasteiger partial charge is 0.453 e. The number of hydrogen-bond acceptors (Lipinski definition) is 3. The van der Waals surface area contributed by atoms with Crippen LogP contribution in [0.25, 0.3) is 0 Å². The molecular formula is C9H13BrN2O. The number of furan rings is 1. The van der Waals surface area contributed by atoms with Crippen molar-refractivity contribution >= 4 is 15.9 Å². The quantitative estimate of drug-likeness (QED) is 0.860. The number of nitrogens with zero attached hydrogens (tertiary/aromatic N) is 1. The van der Waals surface area contributed by atoms with Gasteiger partial charge in [0.05, 0.1) is 6.54 Å². The van der Waals surface area contributed by atoms with Gasteiger partial charge in [-0.05, 0) is 34.5 Å². The van der Waals surface area contributed by atoms with E-state index in [-0.39, 0.29) is 0 Å². The molecule has 72 valence electrons. The lowest BCUT2D eigenvalue weighted by atomic mass is 10.3. The summed E-state index contributed by atoms with van der Waals surface area (Å²) in [5.74, 6) is 1.00. The number of hydrogen-bond donors (Lipinski definition) is 1. The third-order valence-electron chi connectivity index (χ3n) is 2.32. The molecule has 2 heterocycles. The molecule has 0 amide bonds. The summed E-state index contributed by atoms with van der Waals surface area (Å²) >= 11 is 3.28. The van der Waals surface area contributed by atoms with Crippen LogP contribution in [0.3, 0.4) is 0 Å². The first-order valence-electron chi connectivity index (χ1n) is 4.46. The fourth-order valence-corrected chi connectivity index (χ4v) is 2.00. The molecule has 0 spiro atoms. The molecule has 1 atom stereocenters. The van der Waals surface area contributed by atoms with Crippen molar-refractivity contribution in [2.75, 3.05) is 13.1 Å². The zero-order valence-corrected chi connectivity index (χ0v) is 8.96. The van der Waals surface area contributed by atoms with Crippen molar-refractivity contribution in [1.29, 1.82) is 0 Å². The molecule has 2 N–H and O–H groups in total.